The van der Waals surface area contributed by atoms with Crippen molar-refractivity contribution in [1.29, 1.82) is 0 Å². The van der Waals surface area contributed by atoms with Gasteiger partial charge in [0.25, 0.3) is 5.82 Å². The Kier molecular flexibility index (Phi) is 1.48. The third-order valence-electron chi connectivity index (χ3n) is 1.31. The van der Waals surface area contributed by atoms with Crippen molar-refractivity contribution in [1.82, 2.24) is 30.1 Å². The maximum Gasteiger partial charge on any atom is 0.298 e. The summed E-state index contributed by atoms with van der Waals surface area (Å²) in [6.45, 7) is 0. The minimum absolute atomic E-state index is 0.293. The predicted molar refractivity (Wildman–Crippen MR) is 37.3 cm³/mol. The first-order valence-electron chi connectivity index (χ1n) is 3.21. The monoisotopic (exact) mass is 181 g/mol. The van der Waals surface area contributed by atoms with Crippen LogP contribution in [0.15, 0.2) is 18.6 Å². The van der Waals surface area contributed by atoms with E-state index in [1.807, 2.05) is 0 Å². The number of rotatable bonds is 2. The smallest absolute Gasteiger partial charge is 0.298 e. The van der Waals surface area contributed by atoms with E-state index in [1.165, 1.54) is 23.3 Å². The summed E-state index contributed by atoms with van der Waals surface area (Å²) >= 11 is 0. The quantitative estimate of drug-likeness (QED) is 0.430. The Balaban J connectivity index is 2.39. The van der Waals surface area contributed by atoms with Gasteiger partial charge in [-0.05, 0) is 10.4 Å². The van der Waals surface area contributed by atoms with Gasteiger partial charge >= 0.3 is 0 Å². The fraction of sp³-hybridized carbons (Fsp3) is 0. The second-order valence-electron chi connectivity index (χ2n) is 2.09. The number of aromatic nitrogens is 6. The molecule has 66 valence electrons. The third-order valence-corrected chi connectivity index (χ3v) is 1.31. The maximum absolute atomic E-state index is 10.2. The molecular weight excluding hydrogens is 178 g/mol. The highest BCUT2D eigenvalue weighted by Crippen LogP contribution is 1.98. The van der Waals surface area contributed by atoms with Crippen molar-refractivity contribution in [2.75, 3.05) is 0 Å². The number of nitro groups is 1. The molecule has 0 bridgehead atoms. The van der Waals surface area contributed by atoms with Crippen LogP contribution in [0.5, 0.6) is 0 Å². The molecule has 0 atom stereocenters. The third kappa shape index (κ3) is 1.21. The van der Waals surface area contributed by atoms with E-state index in [9.17, 15) is 10.1 Å². The standard InChI is InChI=1S/C4H3N7O2/c12-11(13)10-2-1-4(6-10)9-3-5-7-8-9/h1-3H. The van der Waals surface area contributed by atoms with Gasteiger partial charge in [0.05, 0.1) is 10.1 Å². The first kappa shape index (κ1) is 7.34. The average molecular weight is 181 g/mol. The van der Waals surface area contributed by atoms with Crippen LogP contribution in [0.4, 0.5) is 0 Å². The van der Waals surface area contributed by atoms with E-state index in [0.29, 0.717) is 10.6 Å². The number of nitrogens with zero attached hydrogens (tertiary/aromatic N) is 7. The molecule has 0 aliphatic rings. The molecule has 0 radical (unpaired) electrons. The van der Waals surface area contributed by atoms with Gasteiger partial charge < -0.3 is 10.1 Å². The van der Waals surface area contributed by atoms with Crippen LogP contribution >= 0.6 is 0 Å². The molecule has 2 rings (SSSR count). The van der Waals surface area contributed by atoms with Crippen molar-refractivity contribution in [3.05, 3.63) is 28.7 Å². The van der Waals surface area contributed by atoms with Gasteiger partial charge in [-0.25, -0.2) is 0 Å². The lowest BCUT2D eigenvalue weighted by atomic mass is 10.6. The zero-order valence-corrected chi connectivity index (χ0v) is 6.18. The maximum atomic E-state index is 10.2. The van der Waals surface area contributed by atoms with Crippen molar-refractivity contribution in [2.45, 2.75) is 0 Å². The molecule has 0 amide bonds. The second kappa shape index (κ2) is 2.62. The van der Waals surface area contributed by atoms with Crippen LogP contribution in [0.1, 0.15) is 0 Å². The van der Waals surface area contributed by atoms with Crippen LogP contribution in [0.3, 0.4) is 0 Å². The van der Waals surface area contributed by atoms with Gasteiger partial charge in [0.2, 0.25) is 0 Å². The lowest BCUT2D eigenvalue weighted by Gasteiger charge is -1.87. The molecule has 0 saturated heterocycles. The van der Waals surface area contributed by atoms with Crippen LogP contribution in [0.25, 0.3) is 5.82 Å². The van der Waals surface area contributed by atoms with Crippen LogP contribution < -0.4 is 0 Å². The molecule has 0 fully saturated rings. The minimum Gasteiger partial charge on any atom is -0.339 e. The van der Waals surface area contributed by atoms with Gasteiger partial charge in [-0.3, -0.25) is 0 Å². The molecule has 0 unspecified atom stereocenters. The zero-order chi connectivity index (χ0) is 9.26. The molecule has 9 heteroatoms. The van der Waals surface area contributed by atoms with Gasteiger partial charge in [-0.15, -0.1) is 5.10 Å². The van der Waals surface area contributed by atoms with Crippen molar-refractivity contribution in [3.8, 4) is 5.82 Å². The van der Waals surface area contributed by atoms with Gasteiger partial charge in [0.1, 0.15) is 12.5 Å². The van der Waals surface area contributed by atoms with Crippen molar-refractivity contribution in [2.24, 2.45) is 0 Å². The van der Waals surface area contributed by atoms with Crippen molar-refractivity contribution in [3.63, 3.8) is 0 Å². The van der Waals surface area contributed by atoms with E-state index in [4.69, 9.17) is 0 Å². The fourth-order valence-corrected chi connectivity index (χ4v) is 0.784. The van der Waals surface area contributed by atoms with E-state index in [-0.39, 0.29) is 0 Å². The van der Waals surface area contributed by atoms with E-state index in [1.54, 1.807) is 0 Å². The number of hydrogen-bond acceptors (Lipinski definition) is 6. The molecule has 9 nitrogen and oxygen atoms in total. The summed E-state index contributed by atoms with van der Waals surface area (Å²) in [6.07, 6.45) is 2.50. The molecular formula is C4H3N7O2. The lowest BCUT2D eigenvalue weighted by Crippen LogP contribution is -2.09. The zero-order valence-electron chi connectivity index (χ0n) is 6.18. The van der Waals surface area contributed by atoms with Crippen LogP contribution in [0.2, 0.25) is 0 Å². The Morgan fingerprint density at radius 1 is 1.54 bits per heavy atom. The Morgan fingerprint density at radius 3 is 2.92 bits per heavy atom. The molecule has 0 spiro atoms. The molecule has 0 aliphatic heterocycles. The SMILES string of the molecule is O=[N+]([O-])n1ccc(-n2cnnn2)n1. The summed E-state index contributed by atoms with van der Waals surface area (Å²) < 4.78 is 1.22. The van der Waals surface area contributed by atoms with E-state index in [0.717, 1.165) is 0 Å². The Labute approximate surface area is 70.7 Å². The lowest BCUT2D eigenvalue weighted by molar-refractivity contribution is -0.552. The fourth-order valence-electron chi connectivity index (χ4n) is 0.784. The van der Waals surface area contributed by atoms with Crippen LogP contribution in [0, 0.1) is 10.1 Å². The van der Waals surface area contributed by atoms with Crippen LogP contribution in [-0.2, 0) is 0 Å². The van der Waals surface area contributed by atoms with Gasteiger partial charge in [-0.1, -0.05) is 0 Å². The summed E-state index contributed by atoms with van der Waals surface area (Å²) in [5.74, 6) is 0.293. The number of hydrogen-bond donors (Lipinski definition) is 0. The molecule has 0 aromatic carbocycles. The van der Waals surface area contributed by atoms with Crippen LogP contribution in [-0.4, -0.2) is 35.1 Å². The van der Waals surface area contributed by atoms with Gasteiger partial charge in [-0.2, -0.15) is 4.68 Å². The number of tetrazole rings is 1. The first-order chi connectivity index (χ1) is 6.27. The molecule has 2 aromatic heterocycles. The van der Waals surface area contributed by atoms with Crippen molar-refractivity contribution < 1.29 is 5.03 Å². The second-order valence-corrected chi connectivity index (χ2v) is 2.09. The summed E-state index contributed by atoms with van der Waals surface area (Å²) in [6, 6.07) is 1.43. The Hall–Kier alpha value is -2.32. The summed E-state index contributed by atoms with van der Waals surface area (Å²) in [5.41, 5.74) is 0. The molecule has 2 aromatic rings. The first-order valence-corrected chi connectivity index (χ1v) is 3.21. The molecule has 0 N–H and O–H groups in total. The average Bonchev–Trinajstić information content (AvgIpc) is 2.75. The largest absolute Gasteiger partial charge is 0.339 e. The molecule has 13 heavy (non-hydrogen) atoms. The molecule has 0 saturated carbocycles. The predicted octanol–water partition coefficient (Wildman–Crippen LogP) is -1.10. The molecule has 2 heterocycles. The summed E-state index contributed by atoms with van der Waals surface area (Å²) in [5, 5.41) is 23.4. The minimum atomic E-state index is -0.659. The van der Waals surface area contributed by atoms with Gasteiger partial charge in [0, 0.05) is 10.9 Å². The van der Waals surface area contributed by atoms with E-state index < -0.39 is 5.03 Å². The normalized spacial score (nSPS) is 10.2. The van der Waals surface area contributed by atoms with Gasteiger partial charge in [0.15, 0.2) is 0 Å². The van der Waals surface area contributed by atoms with E-state index in [2.05, 4.69) is 20.6 Å². The van der Waals surface area contributed by atoms with Crippen molar-refractivity contribution >= 4 is 0 Å². The highest BCUT2D eigenvalue weighted by atomic mass is 16.7. The Morgan fingerprint density at radius 2 is 2.38 bits per heavy atom. The summed E-state index contributed by atoms with van der Waals surface area (Å²) in [7, 11) is 0. The van der Waals surface area contributed by atoms with E-state index >= 15 is 0 Å². The molecule has 0 aliphatic carbocycles. The Bertz CT molecular complexity index is 417. The highest BCUT2D eigenvalue weighted by Gasteiger charge is 2.11. The highest BCUT2D eigenvalue weighted by molar-refractivity contribution is 5.15. The topological polar surface area (TPSA) is 105 Å². The summed E-state index contributed by atoms with van der Waals surface area (Å²) in [4.78, 5) is 10.8.